The van der Waals surface area contributed by atoms with Gasteiger partial charge < -0.3 is 4.79 Å². The van der Waals surface area contributed by atoms with E-state index < -0.39 is 0 Å². The average molecular weight is 276 g/mol. The molecule has 0 N–H and O–H groups in total. The lowest BCUT2D eigenvalue weighted by Gasteiger charge is -2.02. The summed E-state index contributed by atoms with van der Waals surface area (Å²) in [4.78, 5) is 8.00. The lowest BCUT2D eigenvalue weighted by molar-refractivity contribution is -0.0979. The third-order valence-electron chi connectivity index (χ3n) is 2.91. The first-order chi connectivity index (χ1) is 10.4. The number of carbonyl (C=O) groups excluding carboxylic acids is 1. The summed E-state index contributed by atoms with van der Waals surface area (Å²) in [5, 5.41) is 2.65. The summed E-state index contributed by atoms with van der Waals surface area (Å²) >= 11 is 0. The van der Waals surface area contributed by atoms with Gasteiger partial charge in [0.25, 0.3) is 0 Å². The quantitative estimate of drug-likeness (QED) is 0.597. The van der Waals surface area contributed by atoms with E-state index in [4.69, 9.17) is 4.79 Å². The highest BCUT2D eigenvalue weighted by molar-refractivity contribution is 5.85. The minimum absolute atomic E-state index is 0.946. The van der Waals surface area contributed by atoms with Crippen LogP contribution in [0.1, 0.15) is 5.56 Å². The predicted octanol–water partition coefficient (Wildman–Crippen LogP) is 5.07. The summed E-state index contributed by atoms with van der Waals surface area (Å²) in [5.41, 5.74) is 1.35. The van der Waals surface area contributed by atoms with Gasteiger partial charge in [0, 0.05) is 0 Å². The molecule has 3 aromatic carbocycles. The van der Waals surface area contributed by atoms with E-state index in [1.165, 1.54) is 16.3 Å². The second-order valence-corrected chi connectivity index (χ2v) is 4.29. The molecule has 0 heterocycles. The van der Waals surface area contributed by atoms with Gasteiger partial charge in [0.05, 0.1) is 0 Å². The average Bonchev–Trinajstić information content (AvgIpc) is 2.59. The summed E-state index contributed by atoms with van der Waals surface area (Å²) in [6.07, 6.45) is 2.89. The minimum atomic E-state index is 0.946. The van der Waals surface area contributed by atoms with Gasteiger partial charge in [-0.2, -0.15) is 0 Å². The van der Waals surface area contributed by atoms with Gasteiger partial charge in [-0.3, -0.25) is 0 Å². The molecule has 0 aromatic heterocycles. The van der Waals surface area contributed by atoms with Crippen LogP contribution in [0.5, 0.6) is 0 Å². The largest absolute Gasteiger partial charge is 0.307 e. The topological polar surface area (TPSA) is 17.1 Å². The van der Waals surface area contributed by atoms with Crippen LogP contribution in [-0.2, 0) is 11.2 Å². The third-order valence-corrected chi connectivity index (χ3v) is 2.91. The molecule has 0 fully saturated rings. The lowest BCUT2D eigenvalue weighted by atomic mass is 10.0. The fourth-order valence-corrected chi connectivity index (χ4v) is 2.01. The van der Waals surface area contributed by atoms with Gasteiger partial charge in [-0.1, -0.05) is 84.9 Å². The van der Waals surface area contributed by atoms with Crippen LogP contribution in [0, 0.1) is 0 Å². The molecular weight excluding hydrogens is 256 g/mol. The number of carbonyl (C=O) groups is 1. The number of hydrogen-bond donors (Lipinski definition) is 0. The Hall–Kier alpha value is -2.67. The first-order valence-corrected chi connectivity index (χ1v) is 6.78. The number of fused-ring (bicyclic) bond motifs is 1. The monoisotopic (exact) mass is 276 g/mol. The van der Waals surface area contributed by atoms with Crippen LogP contribution in [0.3, 0.4) is 0 Å². The van der Waals surface area contributed by atoms with Crippen molar-refractivity contribution in [2.75, 3.05) is 0 Å². The van der Waals surface area contributed by atoms with Crippen molar-refractivity contribution in [2.24, 2.45) is 0 Å². The van der Waals surface area contributed by atoms with Crippen LogP contribution in [0.15, 0.2) is 91.5 Å². The zero-order chi connectivity index (χ0) is 15.3. The van der Waals surface area contributed by atoms with Crippen molar-refractivity contribution in [3.8, 4) is 0 Å². The molecule has 0 saturated heterocycles. The second-order valence-electron chi connectivity index (χ2n) is 4.29. The van der Waals surface area contributed by atoms with E-state index in [-0.39, 0.29) is 0 Å². The minimum Gasteiger partial charge on any atom is -0.307 e. The molecule has 0 aliphatic carbocycles. The highest BCUT2D eigenvalue weighted by atomic mass is 16.1. The van der Waals surface area contributed by atoms with E-state index in [1.807, 2.05) is 49.3 Å². The Bertz CT molecular complexity index is 612. The number of allylic oxidation sites excluding steroid dienone is 1. The maximum absolute atomic E-state index is 8.00. The van der Waals surface area contributed by atoms with E-state index in [1.54, 1.807) is 0 Å². The predicted molar refractivity (Wildman–Crippen MR) is 91.4 cm³/mol. The Morgan fingerprint density at radius 2 is 1.24 bits per heavy atom. The number of benzene rings is 3. The molecule has 1 nitrogen and oxygen atoms in total. The molecule has 3 rings (SSSR count). The standard InChI is InChI=1S/C13H12.C6H6.CH2O/c1-2-6-11-8-5-9-12-7-3-4-10-13(11)12;1-2-4-6-5-3-1;1-2/h2-5,7-10H,1,6H2;1-6H;1H2. The van der Waals surface area contributed by atoms with Gasteiger partial charge in [0.2, 0.25) is 0 Å². The Balaban J connectivity index is 0.000000231. The van der Waals surface area contributed by atoms with Crippen LogP contribution in [0.4, 0.5) is 0 Å². The Morgan fingerprint density at radius 3 is 1.81 bits per heavy atom. The van der Waals surface area contributed by atoms with E-state index in [0.29, 0.717) is 0 Å². The number of rotatable bonds is 2. The molecule has 3 aromatic rings. The summed E-state index contributed by atoms with van der Waals surface area (Å²) in [5.74, 6) is 0. The number of hydrogen-bond acceptors (Lipinski definition) is 1. The first-order valence-electron chi connectivity index (χ1n) is 6.78. The molecule has 0 atom stereocenters. The van der Waals surface area contributed by atoms with Crippen molar-refractivity contribution < 1.29 is 4.79 Å². The molecule has 0 aliphatic rings. The van der Waals surface area contributed by atoms with Crippen molar-refractivity contribution in [1.82, 2.24) is 0 Å². The fraction of sp³-hybridized carbons (Fsp3) is 0.0500. The summed E-state index contributed by atoms with van der Waals surface area (Å²) in [6.45, 7) is 5.76. The molecule has 1 heteroatoms. The highest BCUT2D eigenvalue weighted by Gasteiger charge is 1.96. The smallest absolute Gasteiger partial charge is 0.106 e. The normalized spacial score (nSPS) is 8.76. The van der Waals surface area contributed by atoms with Gasteiger partial charge in [-0.25, -0.2) is 0 Å². The molecule has 0 saturated carbocycles. The van der Waals surface area contributed by atoms with Crippen molar-refractivity contribution in [2.45, 2.75) is 6.42 Å². The first kappa shape index (κ1) is 16.4. The van der Waals surface area contributed by atoms with Gasteiger partial charge >= 0.3 is 0 Å². The Labute approximate surface area is 126 Å². The Kier molecular flexibility index (Phi) is 7.93. The van der Waals surface area contributed by atoms with Crippen LogP contribution >= 0.6 is 0 Å². The van der Waals surface area contributed by atoms with Crippen molar-refractivity contribution >= 4 is 17.6 Å². The molecule has 106 valence electrons. The van der Waals surface area contributed by atoms with Crippen molar-refractivity contribution in [3.05, 3.63) is 97.1 Å². The summed E-state index contributed by atoms with van der Waals surface area (Å²) < 4.78 is 0. The van der Waals surface area contributed by atoms with Gasteiger partial charge in [0.1, 0.15) is 6.79 Å². The molecule has 21 heavy (non-hydrogen) atoms. The maximum Gasteiger partial charge on any atom is 0.106 e. The maximum atomic E-state index is 8.00. The van der Waals surface area contributed by atoms with E-state index in [2.05, 4.69) is 49.0 Å². The molecule has 0 radical (unpaired) electrons. The van der Waals surface area contributed by atoms with Crippen molar-refractivity contribution in [3.63, 3.8) is 0 Å². The zero-order valence-corrected chi connectivity index (χ0v) is 12.1. The van der Waals surface area contributed by atoms with Gasteiger partial charge in [0.15, 0.2) is 0 Å². The Morgan fingerprint density at radius 1 is 0.714 bits per heavy atom. The van der Waals surface area contributed by atoms with E-state index in [0.717, 1.165) is 6.42 Å². The van der Waals surface area contributed by atoms with Gasteiger partial charge in [-0.05, 0) is 22.8 Å². The molecule has 0 unspecified atom stereocenters. The van der Waals surface area contributed by atoms with Crippen LogP contribution < -0.4 is 0 Å². The molecule has 0 amide bonds. The van der Waals surface area contributed by atoms with Crippen LogP contribution in [0.2, 0.25) is 0 Å². The summed E-state index contributed by atoms with van der Waals surface area (Å²) in [7, 11) is 0. The second kappa shape index (κ2) is 10.2. The molecule has 0 bridgehead atoms. The van der Waals surface area contributed by atoms with Gasteiger partial charge in [-0.15, -0.1) is 6.58 Å². The SMILES string of the molecule is C=CCc1cccc2ccccc12.C=O.c1ccccc1. The zero-order valence-electron chi connectivity index (χ0n) is 12.1. The third kappa shape index (κ3) is 5.45. The molecule has 0 aliphatic heterocycles. The lowest BCUT2D eigenvalue weighted by Crippen LogP contribution is -1.82. The molecular formula is C20H20O. The summed E-state index contributed by atoms with van der Waals surface area (Å²) in [6, 6.07) is 26.8. The van der Waals surface area contributed by atoms with Crippen molar-refractivity contribution in [1.29, 1.82) is 0 Å². The molecule has 0 spiro atoms. The highest BCUT2D eigenvalue weighted by Crippen LogP contribution is 2.18. The fourth-order valence-electron chi connectivity index (χ4n) is 2.01. The van der Waals surface area contributed by atoms with Crippen LogP contribution in [0.25, 0.3) is 10.8 Å². The van der Waals surface area contributed by atoms with E-state index in [9.17, 15) is 0 Å². The van der Waals surface area contributed by atoms with Crippen LogP contribution in [-0.4, -0.2) is 6.79 Å². The van der Waals surface area contributed by atoms with E-state index >= 15 is 0 Å².